The number of anilines is 1. The number of aromatic nitrogens is 5. The molecule has 2 N–H and O–H groups in total. The van der Waals surface area contributed by atoms with Crippen molar-refractivity contribution in [3.05, 3.63) is 64.3 Å². The highest BCUT2D eigenvalue weighted by Crippen LogP contribution is 2.32. The first-order valence-electron chi connectivity index (χ1n) is 13.6. The molecule has 14 nitrogen and oxygen atoms in total. The number of carbonyl (C=O) groups is 3. The van der Waals surface area contributed by atoms with Gasteiger partial charge >= 0.3 is 6.09 Å². The van der Waals surface area contributed by atoms with Crippen LogP contribution in [0.25, 0.3) is 11.1 Å². The molecule has 43 heavy (non-hydrogen) atoms. The summed E-state index contributed by atoms with van der Waals surface area (Å²) >= 11 is 0. The molecular weight excluding hydrogens is 558 g/mol. The van der Waals surface area contributed by atoms with Crippen molar-refractivity contribution in [3.63, 3.8) is 0 Å². The summed E-state index contributed by atoms with van der Waals surface area (Å²) in [6.07, 6.45) is 0.353. The summed E-state index contributed by atoms with van der Waals surface area (Å²) in [4.78, 5) is 60.5. The Labute approximate surface area is 247 Å². The number of amides is 2. The predicted molar refractivity (Wildman–Crippen MR) is 155 cm³/mol. The maximum Gasteiger partial charge on any atom is 0.411 e. The molecule has 0 bridgehead atoms. The molecule has 0 fully saturated rings. The Morgan fingerprint density at radius 1 is 1.02 bits per heavy atom. The number of para-hydroxylation sites is 2. The predicted octanol–water partition coefficient (Wildman–Crippen LogP) is 3.59. The molecule has 3 aromatic heterocycles. The molecule has 4 aromatic rings. The average molecular weight is 594 g/mol. The van der Waals surface area contributed by atoms with Crippen LogP contribution in [0.15, 0.2) is 44.1 Å². The quantitative estimate of drug-likeness (QED) is 0.270. The number of Topliss-reactive ketones (excluding diaryl/α,β-unsaturated/α-hetero) is 1. The Morgan fingerprint density at radius 2 is 1.72 bits per heavy atom. The second kappa shape index (κ2) is 11.8. The fourth-order valence-corrected chi connectivity index (χ4v) is 4.32. The van der Waals surface area contributed by atoms with E-state index in [2.05, 4.69) is 35.5 Å². The molecular formula is C29H35N7O7. The van der Waals surface area contributed by atoms with Gasteiger partial charge in [-0.2, -0.15) is 0 Å². The van der Waals surface area contributed by atoms with E-state index in [1.807, 2.05) is 39.0 Å². The number of rotatable bonds is 9. The van der Waals surface area contributed by atoms with Crippen molar-refractivity contribution >= 4 is 34.6 Å². The van der Waals surface area contributed by atoms with Gasteiger partial charge in [0.1, 0.15) is 29.0 Å². The number of hydrogen-bond donors (Lipinski definition) is 2. The maximum atomic E-state index is 13.5. The number of ether oxygens (including phenoxy) is 1. The molecule has 0 aliphatic heterocycles. The molecule has 0 spiro atoms. The number of carbonyl (C=O) groups excluding carboxylic acids is 3. The highest BCUT2D eigenvalue weighted by Gasteiger charge is 2.37. The van der Waals surface area contributed by atoms with Crippen molar-refractivity contribution in [1.82, 2.24) is 30.0 Å². The van der Waals surface area contributed by atoms with E-state index in [0.29, 0.717) is 22.8 Å². The monoisotopic (exact) mass is 593 g/mol. The van der Waals surface area contributed by atoms with Gasteiger partial charge in [-0.25, -0.2) is 14.8 Å². The SMILES string of the molecule is COC(=O)Nc1cnc(C(C)(C)C)n(CC(=O)NC(C(=O)c2nnc(C(C)(C)c3nc4ccccc4o3)o2)C(C)C)c1=O. The van der Waals surface area contributed by atoms with Crippen molar-refractivity contribution in [2.24, 2.45) is 5.92 Å². The van der Waals surface area contributed by atoms with Crippen molar-refractivity contribution in [2.45, 2.75) is 71.9 Å². The standard InChI is InChI=1S/C29H35N7O7/c1-15(2)20(33-19(37)14-36-23(39)17(32-27(40)41-8)13-30-24(36)28(3,4)5)21(38)22-34-35-26(43-22)29(6,7)25-31-16-11-9-10-12-18(16)42-25/h9-13,15,20H,14H2,1-8H3,(H,32,40)(H,33,37). The number of benzene rings is 1. The second-order valence-corrected chi connectivity index (χ2v) is 11.9. The van der Waals surface area contributed by atoms with Crippen LogP contribution in [-0.2, 0) is 26.9 Å². The Kier molecular flexibility index (Phi) is 8.51. The summed E-state index contributed by atoms with van der Waals surface area (Å²) in [5, 5.41) is 13.0. The van der Waals surface area contributed by atoms with Crippen molar-refractivity contribution in [2.75, 3.05) is 12.4 Å². The Morgan fingerprint density at radius 3 is 2.35 bits per heavy atom. The van der Waals surface area contributed by atoms with E-state index in [-0.39, 0.29) is 23.4 Å². The van der Waals surface area contributed by atoms with E-state index in [0.717, 1.165) is 11.7 Å². The van der Waals surface area contributed by atoms with Gasteiger partial charge in [0.05, 0.1) is 19.3 Å². The van der Waals surface area contributed by atoms with Crippen LogP contribution >= 0.6 is 0 Å². The molecule has 0 aliphatic carbocycles. The first-order chi connectivity index (χ1) is 20.1. The molecule has 4 rings (SSSR count). The van der Waals surface area contributed by atoms with Crippen LogP contribution in [0.4, 0.5) is 10.5 Å². The number of nitrogens with zero attached hydrogens (tertiary/aromatic N) is 5. The lowest BCUT2D eigenvalue weighted by Gasteiger charge is -2.24. The number of nitrogens with one attached hydrogen (secondary N) is 2. The minimum Gasteiger partial charge on any atom is -0.453 e. The summed E-state index contributed by atoms with van der Waals surface area (Å²) in [6.45, 7) is 12.1. The molecule has 14 heteroatoms. The van der Waals surface area contributed by atoms with E-state index in [4.69, 9.17) is 8.83 Å². The molecule has 0 aliphatic rings. The van der Waals surface area contributed by atoms with Gasteiger partial charge in [-0.05, 0) is 31.9 Å². The fourth-order valence-electron chi connectivity index (χ4n) is 4.32. The van der Waals surface area contributed by atoms with Crippen LogP contribution in [0, 0.1) is 5.92 Å². The van der Waals surface area contributed by atoms with Gasteiger partial charge < -0.3 is 18.9 Å². The summed E-state index contributed by atoms with van der Waals surface area (Å²) in [5.74, 6) is -1.15. The zero-order valence-electron chi connectivity index (χ0n) is 25.3. The van der Waals surface area contributed by atoms with Crippen molar-refractivity contribution < 1.29 is 28.0 Å². The minimum atomic E-state index is -1.05. The smallest absolute Gasteiger partial charge is 0.411 e. The van der Waals surface area contributed by atoms with Crippen LogP contribution in [0.1, 0.15) is 76.8 Å². The van der Waals surface area contributed by atoms with E-state index in [1.165, 1.54) is 6.20 Å². The lowest BCUT2D eigenvalue weighted by atomic mass is 9.93. The molecule has 1 aromatic carbocycles. The van der Waals surface area contributed by atoms with Gasteiger partial charge in [-0.1, -0.05) is 46.8 Å². The number of fused-ring (bicyclic) bond motifs is 1. The molecule has 3 heterocycles. The number of ketones is 1. The second-order valence-electron chi connectivity index (χ2n) is 11.9. The molecule has 228 valence electrons. The molecule has 0 saturated carbocycles. The summed E-state index contributed by atoms with van der Waals surface area (Å²) in [7, 11) is 1.16. The largest absolute Gasteiger partial charge is 0.453 e. The highest BCUT2D eigenvalue weighted by atomic mass is 16.5. The van der Waals surface area contributed by atoms with E-state index in [9.17, 15) is 19.2 Å². The molecule has 1 atom stereocenters. The van der Waals surface area contributed by atoms with E-state index >= 15 is 0 Å². The fraction of sp³-hybridized carbons (Fsp3) is 0.448. The normalized spacial score (nSPS) is 12.8. The van der Waals surface area contributed by atoms with Crippen molar-refractivity contribution in [1.29, 1.82) is 0 Å². The van der Waals surface area contributed by atoms with Gasteiger partial charge in [-0.15, -0.1) is 10.2 Å². The van der Waals surface area contributed by atoms with Crippen LogP contribution in [0.5, 0.6) is 0 Å². The average Bonchev–Trinajstić information content (AvgIpc) is 3.61. The highest BCUT2D eigenvalue weighted by molar-refractivity contribution is 5.98. The molecule has 1 unspecified atom stereocenters. The number of hydrogen-bond acceptors (Lipinski definition) is 11. The van der Waals surface area contributed by atoms with Crippen molar-refractivity contribution in [3.8, 4) is 0 Å². The Balaban J connectivity index is 1.57. The Bertz CT molecular complexity index is 1690. The number of oxazole rings is 1. The first-order valence-corrected chi connectivity index (χ1v) is 13.6. The van der Waals surface area contributed by atoms with Gasteiger partial charge in [-0.3, -0.25) is 24.3 Å². The van der Waals surface area contributed by atoms with Gasteiger partial charge in [0.15, 0.2) is 5.58 Å². The third kappa shape index (κ3) is 6.47. The lowest BCUT2D eigenvalue weighted by Crippen LogP contribution is -2.47. The minimum absolute atomic E-state index is 0.110. The summed E-state index contributed by atoms with van der Waals surface area (Å²) in [5.41, 5.74) is -1.14. The lowest BCUT2D eigenvalue weighted by molar-refractivity contribution is -0.122. The van der Waals surface area contributed by atoms with Gasteiger partial charge in [0, 0.05) is 5.41 Å². The van der Waals surface area contributed by atoms with Crippen LogP contribution in [-0.4, -0.2) is 55.7 Å². The maximum absolute atomic E-state index is 13.5. The third-order valence-electron chi connectivity index (χ3n) is 6.71. The zero-order valence-corrected chi connectivity index (χ0v) is 25.3. The zero-order chi connectivity index (χ0) is 31.7. The van der Waals surface area contributed by atoms with Crippen LogP contribution < -0.4 is 16.2 Å². The molecule has 0 radical (unpaired) electrons. The Hall–Kier alpha value is -4.88. The first kappa shape index (κ1) is 31.1. The topological polar surface area (TPSA) is 184 Å². The van der Waals surface area contributed by atoms with Gasteiger partial charge in [0.25, 0.3) is 11.4 Å². The summed E-state index contributed by atoms with van der Waals surface area (Å²) in [6, 6.07) is 6.24. The number of methoxy groups -OCH3 is 1. The molecule has 0 saturated heterocycles. The van der Waals surface area contributed by atoms with E-state index in [1.54, 1.807) is 33.8 Å². The third-order valence-corrected chi connectivity index (χ3v) is 6.71. The van der Waals surface area contributed by atoms with Crippen LogP contribution in [0.3, 0.4) is 0 Å². The van der Waals surface area contributed by atoms with Gasteiger partial charge in [0.2, 0.25) is 23.5 Å². The van der Waals surface area contributed by atoms with E-state index < -0.39 is 46.8 Å². The summed E-state index contributed by atoms with van der Waals surface area (Å²) < 4.78 is 17.4. The molecule has 2 amide bonds. The van der Waals surface area contributed by atoms with Crippen LogP contribution in [0.2, 0.25) is 0 Å².